The van der Waals surface area contributed by atoms with Gasteiger partial charge in [-0.05, 0) is 62.8 Å². The van der Waals surface area contributed by atoms with Crippen LogP contribution in [-0.4, -0.2) is 40.1 Å². The van der Waals surface area contributed by atoms with Crippen LogP contribution in [0.1, 0.15) is 47.3 Å². The number of hydrogen-bond donors (Lipinski definition) is 2. The number of hydrogen-bond acceptors (Lipinski definition) is 2. The number of carbonyl (C=O) groups is 1. The Balaban J connectivity index is 1.85. The summed E-state index contributed by atoms with van der Waals surface area (Å²) in [5, 5.41) is 10.1. The second-order valence-corrected chi connectivity index (χ2v) is 6.31. The highest BCUT2D eigenvalue weighted by Crippen LogP contribution is 2.30. The Hall–Kier alpha value is -1.81. The van der Waals surface area contributed by atoms with E-state index in [4.69, 9.17) is 5.11 Å². The standard InChI is InChI=1S/C18H24N2O2/c1-12-5-8-16-15(13(12)2)11-17(19-16)18(22)20(14-6-7-14)9-3-4-10-21/h5,8,11,14,19,21H,3-4,6-7,9-10H2,1-2H3. The molecule has 4 nitrogen and oxygen atoms in total. The minimum atomic E-state index is 0.0914. The number of amides is 1. The molecule has 0 unspecified atom stereocenters. The van der Waals surface area contributed by atoms with Crippen LogP contribution in [-0.2, 0) is 0 Å². The predicted octanol–water partition coefficient (Wildman–Crippen LogP) is 3.16. The van der Waals surface area contributed by atoms with Crippen LogP contribution in [0, 0.1) is 13.8 Å². The number of rotatable bonds is 6. The van der Waals surface area contributed by atoms with E-state index in [2.05, 4.69) is 24.9 Å². The van der Waals surface area contributed by atoms with Gasteiger partial charge in [0.15, 0.2) is 0 Å². The third-order valence-electron chi connectivity index (χ3n) is 4.63. The van der Waals surface area contributed by atoms with Gasteiger partial charge in [0.2, 0.25) is 0 Å². The van der Waals surface area contributed by atoms with E-state index < -0.39 is 0 Å². The van der Waals surface area contributed by atoms with Crippen molar-refractivity contribution in [1.82, 2.24) is 9.88 Å². The third kappa shape index (κ3) is 2.88. The van der Waals surface area contributed by atoms with E-state index in [1.54, 1.807) is 0 Å². The monoisotopic (exact) mass is 300 g/mol. The summed E-state index contributed by atoms with van der Waals surface area (Å²) in [6.07, 6.45) is 3.81. The highest BCUT2D eigenvalue weighted by molar-refractivity contribution is 5.99. The predicted molar refractivity (Wildman–Crippen MR) is 88.2 cm³/mol. The maximum absolute atomic E-state index is 12.8. The lowest BCUT2D eigenvalue weighted by Gasteiger charge is -2.21. The van der Waals surface area contributed by atoms with Gasteiger partial charge < -0.3 is 15.0 Å². The number of H-pyrrole nitrogens is 1. The smallest absolute Gasteiger partial charge is 0.270 e. The summed E-state index contributed by atoms with van der Waals surface area (Å²) in [5.74, 6) is 0.0914. The maximum Gasteiger partial charge on any atom is 0.270 e. The van der Waals surface area contributed by atoms with Crippen molar-refractivity contribution in [1.29, 1.82) is 0 Å². The molecule has 22 heavy (non-hydrogen) atoms. The number of unbranched alkanes of at least 4 members (excludes halogenated alkanes) is 1. The number of aromatic amines is 1. The van der Waals surface area contributed by atoms with Gasteiger partial charge in [-0.2, -0.15) is 0 Å². The zero-order chi connectivity index (χ0) is 15.7. The Morgan fingerprint density at radius 2 is 2.09 bits per heavy atom. The van der Waals surface area contributed by atoms with E-state index in [-0.39, 0.29) is 12.5 Å². The van der Waals surface area contributed by atoms with Crippen molar-refractivity contribution >= 4 is 16.8 Å². The molecule has 4 heteroatoms. The van der Waals surface area contributed by atoms with E-state index >= 15 is 0 Å². The summed E-state index contributed by atoms with van der Waals surface area (Å²) in [6, 6.07) is 6.51. The molecule has 1 heterocycles. The van der Waals surface area contributed by atoms with Crippen LogP contribution in [0.15, 0.2) is 18.2 Å². The summed E-state index contributed by atoms with van der Waals surface area (Å²) in [4.78, 5) is 18.1. The minimum Gasteiger partial charge on any atom is -0.396 e. The van der Waals surface area contributed by atoms with Gasteiger partial charge in [-0.25, -0.2) is 0 Å². The first-order valence-electron chi connectivity index (χ1n) is 8.12. The average Bonchev–Trinajstić information content (AvgIpc) is 3.25. The first-order valence-corrected chi connectivity index (χ1v) is 8.12. The summed E-state index contributed by atoms with van der Waals surface area (Å²) >= 11 is 0. The number of carbonyl (C=O) groups excluding carboxylic acids is 1. The molecule has 1 aromatic heterocycles. The summed E-state index contributed by atoms with van der Waals surface area (Å²) < 4.78 is 0. The second kappa shape index (κ2) is 6.13. The van der Waals surface area contributed by atoms with Crippen molar-refractivity contribution in [3.8, 4) is 0 Å². The summed E-state index contributed by atoms with van der Waals surface area (Å²) in [6.45, 7) is 5.11. The fourth-order valence-electron chi connectivity index (χ4n) is 2.96. The van der Waals surface area contributed by atoms with Gasteiger partial charge in [0.25, 0.3) is 5.91 Å². The van der Waals surface area contributed by atoms with Gasteiger partial charge in [0.05, 0.1) is 0 Å². The van der Waals surface area contributed by atoms with E-state index in [0.29, 0.717) is 11.7 Å². The van der Waals surface area contributed by atoms with Gasteiger partial charge in [0.1, 0.15) is 5.69 Å². The lowest BCUT2D eigenvalue weighted by molar-refractivity contribution is 0.0732. The molecule has 0 spiro atoms. The fraction of sp³-hybridized carbons (Fsp3) is 0.500. The van der Waals surface area contributed by atoms with Crippen LogP contribution < -0.4 is 0 Å². The molecular formula is C18H24N2O2. The fourth-order valence-corrected chi connectivity index (χ4v) is 2.96. The van der Waals surface area contributed by atoms with E-state index in [1.807, 2.05) is 17.0 Å². The molecule has 0 bridgehead atoms. The Morgan fingerprint density at radius 1 is 1.32 bits per heavy atom. The Morgan fingerprint density at radius 3 is 2.77 bits per heavy atom. The van der Waals surface area contributed by atoms with Crippen LogP contribution in [0.3, 0.4) is 0 Å². The third-order valence-corrected chi connectivity index (χ3v) is 4.63. The van der Waals surface area contributed by atoms with E-state index in [9.17, 15) is 4.79 Å². The molecule has 118 valence electrons. The Labute approximate surface area is 131 Å². The normalized spacial score (nSPS) is 14.5. The minimum absolute atomic E-state index is 0.0914. The molecule has 0 radical (unpaired) electrons. The van der Waals surface area contributed by atoms with Gasteiger partial charge in [0, 0.05) is 30.1 Å². The summed E-state index contributed by atoms with van der Waals surface area (Å²) in [5.41, 5.74) is 4.18. The Kier molecular flexibility index (Phi) is 4.21. The summed E-state index contributed by atoms with van der Waals surface area (Å²) in [7, 11) is 0. The van der Waals surface area contributed by atoms with Gasteiger partial charge in [-0.15, -0.1) is 0 Å². The number of nitrogens with one attached hydrogen (secondary N) is 1. The molecule has 3 rings (SSSR count). The van der Waals surface area contributed by atoms with Crippen molar-refractivity contribution in [2.75, 3.05) is 13.2 Å². The molecule has 1 aliphatic rings. The van der Waals surface area contributed by atoms with E-state index in [1.165, 1.54) is 11.1 Å². The number of nitrogens with zero attached hydrogens (tertiary/aromatic N) is 1. The molecule has 0 saturated heterocycles. The highest BCUT2D eigenvalue weighted by atomic mass is 16.3. The lowest BCUT2D eigenvalue weighted by atomic mass is 10.1. The van der Waals surface area contributed by atoms with Gasteiger partial charge in [-0.1, -0.05) is 6.07 Å². The van der Waals surface area contributed by atoms with Crippen molar-refractivity contribution in [3.05, 3.63) is 35.0 Å². The van der Waals surface area contributed by atoms with Gasteiger partial charge >= 0.3 is 0 Å². The highest BCUT2D eigenvalue weighted by Gasteiger charge is 2.33. The number of fused-ring (bicyclic) bond motifs is 1. The zero-order valence-corrected chi connectivity index (χ0v) is 13.4. The molecular weight excluding hydrogens is 276 g/mol. The molecule has 1 aliphatic carbocycles. The largest absolute Gasteiger partial charge is 0.396 e. The number of aromatic nitrogens is 1. The van der Waals surface area contributed by atoms with Gasteiger partial charge in [-0.3, -0.25) is 4.79 Å². The number of aliphatic hydroxyl groups excluding tert-OH is 1. The first kappa shape index (κ1) is 15.1. The zero-order valence-electron chi connectivity index (χ0n) is 13.4. The molecule has 2 aromatic rings. The molecule has 1 fully saturated rings. The molecule has 1 aromatic carbocycles. The van der Waals surface area contributed by atoms with Crippen molar-refractivity contribution in [2.45, 2.75) is 45.6 Å². The van der Waals surface area contributed by atoms with Crippen molar-refractivity contribution in [2.24, 2.45) is 0 Å². The van der Waals surface area contributed by atoms with Crippen LogP contribution in [0.4, 0.5) is 0 Å². The van der Waals surface area contributed by atoms with E-state index in [0.717, 1.165) is 43.1 Å². The molecule has 2 N–H and O–H groups in total. The van der Waals surface area contributed by atoms with Crippen molar-refractivity contribution < 1.29 is 9.90 Å². The topological polar surface area (TPSA) is 56.3 Å². The van der Waals surface area contributed by atoms with Crippen LogP contribution in [0.2, 0.25) is 0 Å². The Bertz CT molecular complexity index is 686. The SMILES string of the molecule is Cc1ccc2[nH]c(C(=O)N(CCCCO)C3CC3)cc2c1C. The van der Waals surface area contributed by atoms with Crippen LogP contribution in [0.5, 0.6) is 0 Å². The molecule has 1 amide bonds. The van der Waals surface area contributed by atoms with Crippen LogP contribution >= 0.6 is 0 Å². The number of aliphatic hydroxyl groups is 1. The van der Waals surface area contributed by atoms with Crippen LogP contribution in [0.25, 0.3) is 10.9 Å². The molecule has 0 aliphatic heterocycles. The number of benzene rings is 1. The maximum atomic E-state index is 12.8. The quantitative estimate of drug-likeness (QED) is 0.805. The number of aryl methyl sites for hydroxylation is 2. The second-order valence-electron chi connectivity index (χ2n) is 6.31. The van der Waals surface area contributed by atoms with Crippen molar-refractivity contribution in [3.63, 3.8) is 0 Å². The molecule has 0 atom stereocenters. The first-order chi connectivity index (χ1) is 10.6. The average molecular weight is 300 g/mol. The lowest BCUT2D eigenvalue weighted by Crippen LogP contribution is -2.34. The molecule has 1 saturated carbocycles.